The molecule has 0 spiro atoms. The molecule has 0 bridgehead atoms. The van der Waals surface area contributed by atoms with Gasteiger partial charge in [0.15, 0.2) is 0 Å². The number of hydrogen-bond donors (Lipinski definition) is 2. The highest BCUT2D eigenvalue weighted by molar-refractivity contribution is 7.92. The normalized spacial score (nSPS) is 12.5. The van der Waals surface area contributed by atoms with Crippen LogP contribution in [0.3, 0.4) is 0 Å². The maximum absolute atomic E-state index is 13.6. The number of carbonyl (C=O) groups is 1. The summed E-state index contributed by atoms with van der Waals surface area (Å²) >= 11 is 0. The molecule has 176 valence electrons. The molecule has 3 rings (SSSR count). The van der Waals surface area contributed by atoms with Crippen molar-refractivity contribution < 1.29 is 44.1 Å². The van der Waals surface area contributed by atoms with Crippen LogP contribution in [0.4, 0.5) is 37.7 Å². The monoisotopic (exact) mass is 493 g/mol. The molecule has 33 heavy (non-hydrogen) atoms. The summed E-state index contributed by atoms with van der Waals surface area (Å²) in [7, 11) is -4.81. The highest BCUT2D eigenvalue weighted by Gasteiger charge is 2.36. The highest BCUT2D eigenvalue weighted by atomic mass is 32.2. The Morgan fingerprint density at radius 3 is 2.27 bits per heavy atom. The van der Waals surface area contributed by atoms with Crippen LogP contribution in [0.5, 0.6) is 0 Å². The molecular weight excluding hydrogens is 480 g/mol. The number of sulfonamides is 1. The highest BCUT2D eigenvalue weighted by Crippen LogP contribution is 2.38. The minimum absolute atomic E-state index is 0.0297. The summed E-state index contributed by atoms with van der Waals surface area (Å²) in [6.45, 7) is 1.41. The number of amides is 1. The van der Waals surface area contributed by atoms with E-state index in [2.05, 4.69) is 10.5 Å². The third kappa shape index (κ3) is 5.45. The van der Waals surface area contributed by atoms with Crippen molar-refractivity contribution in [2.45, 2.75) is 24.2 Å². The van der Waals surface area contributed by atoms with Gasteiger partial charge < -0.3 is 9.84 Å². The zero-order chi connectivity index (χ0) is 24.6. The number of nitrogens with zero attached hydrogens (tertiary/aromatic N) is 1. The molecule has 0 atom stereocenters. The number of halogens is 6. The third-order valence-electron chi connectivity index (χ3n) is 4.29. The molecular formula is C19H13F6N3O4S. The summed E-state index contributed by atoms with van der Waals surface area (Å²) in [5.74, 6) is -0.701. The van der Waals surface area contributed by atoms with Gasteiger partial charge in [0.05, 0.1) is 27.9 Å². The second kappa shape index (κ2) is 8.42. The molecule has 7 nitrogen and oxygen atoms in total. The molecule has 0 aliphatic carbocycles. The SMILES string of the molecule is Cc1oncc1C(=O)Nc1ccc(NS(=O)(=O)c2cccc(C(F)(F)F)c2)c(C(F)(F)F)c1. The van der Waals surface area contributed by atoms with Gasteiger partial charge in [-0.3, -0.25) is 9.52 Å². The molecule has 0 saturated carbocycles. The van der Waals surface area contributed by atoms with Crippen molar-refractivity contribution in [3.8, 4) is 0 Å². The average Bonchev–Trinajstić information content (AvgIpc) is 3.13. The van der Waals surface area contributed by atoms with Crippen LogP contribution < -0.4 is 10.0 Å². The van der Waals surface area contributed by atoms with Gasteiger partial charge in [-0.15, -0.1) is 0 Å². The summed E-state index contributed by atoms with van der Waals surface area (Å²) in [4.78, 5) is 11.3. The zero-order valence-electron chi connectivity index (χ0n) is 16.4. The zero-order valence-corrected chi connectivity index (χ0v) is 17.2. The van der Waals surface area contributed by atoms with Gasteiger partial charge >= 0.3 is 12.4 Å². The van der Waals surface area contributed by atoms with Crippen LogP contribution in [0.2, 0.25) is 0 Å². The maximum atomic E-state index is 13.6. The number of alkyl halides is 6. The molecule has 1 aromatic heterocycles. The number of aromatic nitrogens is 1. The van der Waals surface area contributed by atoms with E-state index in [-0.39, 0.29) is 17.0 Å². The van der Waals surface area contributed by atoms with Crippen molar-refractivity contribution in [3.05, 3.63) is 71.1 Å². The summed E-state index contributed by atoms with van der Waals surface area (Å²) in [6, 6.07) is 4.73. The molecule has 0 saturated heterocycles. The number of carbonyl (C=O) groups excluding carboxylic acids is 1. The van der Waals surface area contributed by atoms with Crippen LogP contribution in [0, 0.1) is 6.92 Å². The quantitative estimate of drug-likeness (QED) is 0.483. The Kier molecular flexibility index (Phi) is 6.15. The molecule has 1 heterocycles. The van der Waals surface area contributed by atoms with Gasteiger partial charge in [0, 0.05) is 5.69 Å². The first-order valence-corrected chi connectivity index (χ1v) is 10.3. The minimum Gasteiger partial charge on any atom is -0.361 e. The van der Waals surface area contributed by atoms with Crippen molar-refractivity contribution in [3.63, 3.8) is 0 Å². The first kappa shape index (κ1) is 24.1. The minimum atomic E-state index is -5.07. The fraction of sp³-hybridized carbons (Fsp3) is 0.158. The summed E-state index contributed by atoms with van der Waals surface area (Å²) in [6.07, 6.45) is -8.86. The van der Waals surface area contributed by atoms with E-state index in [9.17, 15) is 39.6 Å². The van der Waals surface area contributed by atoms with Gasteiger partial charge in [-0.2, -0.15) is 26.3 Å². The van der Waals surface area contributed by atoms with Crippen LogP contribution in [-0.2, 0) is 22.4 Å². The molecule has 1 amide bonds. The topological polar surface area (TPSA) is 101 Å². The smallest absolute Gasteiger partial charge is 0.361 e. The number of rotatable bonds is 5. The summed E-state index contributed by atoms with van der Waals surface area (Å²) in [5, 5.41) is 5.59. The van der Waals surface area contributed by atoms with E-state index in [1.165, 1.54) is 6.92 Å². The van der Waals surface area contributed by atoms with Gasteiger partial charge in [0.2, 0.25) is 0 Å². The molecule has 3 aromatic rings. The lowest BCUT2D eigenvalue weighted by Gasteiger charge is -2.17. The van der Waals surface area contributed by atoms with Crippen LogP contribution >= 0.6 is 0 Å². The molecule has 2 N–H and O–H groups in total. The van der Waals surface area contributed by atoms with Crippen LogP contribution in [0.15, 0.2) is 58.1 Å². The number of benzene rings is 2. The summed E-state index contributed by atoms with van der Waals surface area (Å²) < 4.78 is 111. The Morgan fingerprint density at radius 1 is 1.00 bits per heavy atom. The van der Waals surface area contributed by atoms with Gasteiger partial charge in [-0.05, 0) is 43.3 Å². The molecule has 0 radical (unpaired) electrons. The second-order valence-electron chi connectivity index (χ2n) is 6.64. The van der Waals surface area contributed by atoms with E-state index in [1.54, 1.807) is 4.72 Å². The van der Waals surface area contributed by atoms with E-state index in [4.69, 9.17) is 4.52 Å². The lowest BCUT2D eigenvalue weighted by atomic mass is 10.1. The molecule has 0 fully saturated rings. The fourth-order valence-corrected chi connectivity index (χ4v) is 3.83. The standard InChI is InChI=1S/C19H13F6N3O4S/c1-10-14(9-26-32-10)17(29)27-12-5-6-16(15(8-12)19(23,24)25)28-33(30,31)13-4-2-3-11(7-13)18(20,21)22/h2-9,28H,1H3,(H,27,29). The Hall–Kier alpha value is -3.55. The van der Waals surface area contributed by atoms with Crippen LogP contribution in [0.25, 0.3) is 0 Å². The molecule has 14 heteroatoms. The van der Waals surface area contributed by atoms with Crippen LogP contribution in [0.1, 0.15) is 27.2 Å². The van der Waals surface area contributed by atoms with Crippen LogP contribution in [-0.4, -0.2) is 19.5 Å². The Morgan fingerprint density at radius 2 is 1.70 bits per heavy atom. The van der Waals surface area contributed by atoms with Crippen molar-refractivity contribution in [2.24, 2.45) is 0 Å². The average molecular weight is 493 g/mol. The van der Waals surface area contributed by atoms with Crippen molar-refractivity contribution in [2.75, 3.05) is 10.0 Å². The van der Waals surface area contributed by atoms with Gasteiger partial charge in [0.25, 0.3) is 15.9 Å². The van der Waals surface area contributed by atoms with E-state index >= 15 is 0 Å². The lowest BCUT2D eigenvalue weighted by molar-refractivity contribution is -0.138. The predicted octanol–water partition coefficient (Wildman–Crippen LogP) is 5.07. The fourth-order valence-electron chi connectivity index (χ4n) is 2.70. The maximum Gasteiger partial charge on any atom is 0.418 e. The molecule has 0 unspecified atom stereocenters. The number of nitrogens with one attached hydrogen (secondary N) is 2. The first-order chi connectivity index (χ1) is 15.2. The van der Waals surface area contributed by atoms with E-state index in [0.29, 0.717) is 18.2 Å². The van der Waals surface area contributed by atoms with Gasteiger partial charge in [-0.25, -0.2) is 8.42 Å². The third-order valence-corrected chi connectivity index (χ3v) is 5.66. The number of aryl methyl sites for hydroxylation is 1. The molecule has 0 aliphatic heterocycles. The molecule has 2 aromatic carbocycles. The Balaban J connectivity index is 1.95. The Labute approximate surface area is 182 Å². The van der Waals surface area contributed by atoms with E-state index < -0.39 is 50.0 Å². The second-order valence-corrected chi connectivity index (χ2v) is 8.32. The Bertz CT molecular complexity index is 1300. The van der Waals surface area contributed by atoms with Gasteiger partial charge in [-0.1, -0.05) is 11.2 Å². The largest absolute Gasteiger partial charge is 0.418 e. The van der Waals surface area contributed by atoms with E-state index in [1.807, 2.05) is 0 Å². The first-order valence-electron chi connectivity index (χ1n) is 8.82. The van der Waals surface area contributed by atoms with Crippen molar-refractivity contribution >= 4 is 27.3 Å². The van der Waals surface area contributed by atoms with Crippen molar-refractivity contribution in [1.29, 1.82) is 0 Å². The lowest BCUT2D eigenvalue weighted by Crippen LogP contribution is -2.19. The van der Waals surface area contributed by atoms with E-state index in [0.717, 1.165) is 30.5 Å². The number of anilines is 2. The summed E-state index contributed by atoms with van der Waals surface area (Å²) in [5.41, 5.74) is -4.06. The molecule has 0 aliphatic rings. The van der Waals surface area contributed by atoms with Crippen molar-refractivity contribution in [1.82, 2.24) is 5.16 Å². The predicted molar refractivity (Wildman–Crippen MR) is 103 cm³/mol. The number of hydrogen-bond acceptors (Lipinski definition) is 5. The van der Waals surface area contributed by atoms with Gasteiger partial charge in [0.1, 0.15) is 11.3 Å².